The van der Waals surface area contributed by atoms with Crippen molar-refractivity contribution in [3.05, 3.63) is 69.8 Å². The number of carbonyl (C=O) groups is 1. The first kappa shape index (κ1) is 14.5. The summed E-state index contributed by atoms with van der Waals surface area (Å²) in [6, 6.07) is 13.4. The fourth-order valence-corrected chi connectivity index (χ4v) is 1.86. The van der Waals surface area contributed by atoms with Crippen LogP contribution >= 0.6 is 0 Å². The molecule has 108 valence electrons. The molecule has 0 aromatic heterocycles. The van der Waals surface area contributed by atoms with Crippen LogP contribution < -0.4 is 10.1 Å². The van der Waals surface area contributed by atoms with Gasteiger partial charge in [0.25, 0.3) is 5.69 Å². The van der Waals surface area contributed by atoms with Crippen LogP contribution in [-0.4, -0.2) is 11.0 Å². The summed E-state index contributed by atoms with van der Waals surface area (Å²) in [6.45, 7) is 1.82. The molecule has 0 unspecified atom stereocenters. The van der Waals surface area contributed by atoms with Crippen molar-refractivity contribution in [2.75, 3.05) is 0 Å². The summed E-state index contributed by atoms with van der Waals surface area (Å²) in [4.78, 5) is 22.1. The topological polar surface area (TPSA) is 81.5 Å². The predicted molar refractivity (Wildman–Crippen MR) is 77.1 cm³/mol. The van der Waals surface area contributed by atoms with Gasteiger partial charge in [-0.05, 0) is 24.6 Å². The van der Waals surface area contributed by atoms with Crippen LogP contribution in [0.5, 0.6) is 5.75 Å². The normalized spacial score (nSPS) is 9.95. The molecule has 0 atom stereocenters. The van der Waals surface area contributed by atoms with Gasteiger partial charge in [-0.3, -0.25) is 10.1 Å². The van der Waals surface area contributed by atoms with E-state index in [0.29, 0.717) is 16.9 Å². The van der Waals surface area contributed by atoms with E-state index < -0.39 is 11.0 Å². The lowest BCUT2D eigenvalue weighted by Gasteiger charge is -2.08. The van der Waals surface area contributed by atoms with E-state index in [-0.39, 0.29) is 12.2 Å². The molecule has 0 bridgehead atoms. The molecule has 2 aromatic carbocycles. The minimum atomic E-state index is -0.605. The Kier molecular flexibility index (Phi) is 4.50. The molecule has 2 rings (SSSR count). The molecule has 1 N–H and O–H groups in total. The van der Waals surface area contributed by atoms with Gasteiger partial charge < -0.3 is 10.1 Å². The monoisotopic (exact) mass is 286 g/mol. The Labute approximate surface area is 121 Å². The van der Waals surface area contributed by atoms with E-state index in [9.17, 15) is 14.9 Å². The van der Waals surface area contributed by atoms with Crippen LogP contribution in [0.3, 0.4) is 0 Å². The summed E-state index contributed by atoms with van der Waals surface area (Å²) in [7, 11) is 0. The van der Waals surface area contributed by atoms with Gasteiger partial charge in [-0.25, -0.2) is 4.79 Å². The SMILES string of the molecule is Cc1c(CNC(=O)Oc2ccccc2)cccc1[N+](=O)[O-]. The fourth-order valence-electron chi connectivity index (χ4n) is 1.86. The molecular weight excluding hydrogens is 272 g/mol. The quantitative estimate of drug-likeness (QED) is 0.691. The molecule has 0 heterocycles. The highest BCUT2D eigenvalue weighted by Crippen LogP contribution is 2.20. The maximum atomic E-state index is 11.6. The van der Waals surface area contributed by atoms with Gasteiger partial charge in [-0.2, -0.15) is 0 Å². The van der Waals surface area contributed by atoms with Crippen LogP contribution in [0.2, 0.25) is 0 Å². The Morgan fingerprint density at radius 1 is 1.19 bits per heavy atom. The van der Waals surface area contributed by atoms with Crippen molar-refractivity contribution >= 4 is 11.8 Å². The van der Waals surface area contributed by atoms with Gasteiger partial charge in [0.05, 0.1) is 4.92 Å². The summed E-state index contributed by atoms with van der Waals surface area (Å²) in [6.07, 6.45) is -0.605. The molecule has 0 aliphatic carbocycles. The molecule has 0 fully saturated rings. The van der Waals surface area contributed by atoms with Crippen LogP contribution in [0, 0.1) is 17.0 Å². The summed E-state index contributed by atoms with van der Waals surface area (Å²) < 4.78 is 5.07. The highest BCUT2D eigenvalue weighted by molar-refractivity contribution is 5.70. The number of hydrogen-bond acceptors (Lipinski definition) is 4. The smallest absolute Gasteiger partial charge is 0.410 e. The molecule has 0 aliphatic heterocycles. The standard InChI is InChI=1S/C15H14N2O4/c1-11-12(6-5-9-14(11)17(19)20)10-16-15(18)21-13-7-3-2-4-8-13/h2-9H,10H2,1H3,(H,16,18). The number of para-hydroxylation sites is 1. The average Bonchev–Trinajstić information content (AvgIpc) is 2.47. The number of nitrogens with zero attached hydrogens (tertiary/aromatic N) is 1. The number of nitro groups is 1. The highest BCUT2D eigenvalue weighted by Gasteiger charge is 2.13. The average molecular weight is 286 g/mol. The van der Waals surface area contributed by atoms with E-state index in [1.807, 2.05) is 6.07 Å². The molecule has 0 aliphatic rings. The second kappa shape index (κ2) is 6.51. The van der Waals surface area contributed by atoms with Crippen LogP contribution in [0.25, 0.3) is 0 Å². The minimum absolute atomic E-state index is 0.0331. The second-order valence-corrected chi connectivity index (χ2v) is 4.37. The van der Waals surface area contributed by atoms with Crippen molar-refractivity contribution in [3.63, 3.8) is 0 Å². The molecule has 1 amide bonds. The Hall–Kier alpha value is -2.89. The maximum Gasteiger partial charge on any atom is 0.412 e. The maximum absolute atomic E-state index is 11.6. The number of hydrogen-bond donors (Lipinski definition) is 1. The van der Waals surface area contributed by atoms with Gasteiger partial charge >= 0.3 is 6.09 Å². The van der Waals surface area contributed by atoms with Gasteiger partial charge in [0.2, 0.25) is 0 Å². The van der Waals surface area contributed by atoms with Crippen molar-refractivity contribution < 1.29 is 14.5 Å². The Balaban J connectivity index is 1.99. The number of benzene rings is 2. The van der Waals surface area contributed by atoms with Gasteiger partial charge in [-0.15, -0.1) is 0 Å². The molecule has 21 heavy (non-hydrogen) atoms. The molecule has 0 radical (unpaired) electrons. The molecule has 6 heteroatoms. The van der Waals surface area contributed by atoms with Gasteiger partial charge in [0, 0.05) is 18.2 Å². The number of nitrogens with one attached hydrogen (secondary N) is 1. The number of rotatable bonds is 4. The van der Waals surface area contributed by atoms with Gasteiger partial charge in [0.15, 0.2) is 0 Å². The summed E-state index contributed by atoms with van der Waals surface area (Å²) in [5.41, 5.74) is 1.24. The van der Waals surface area contributed by atoms with E-state index in [4.69, 9.17) is 4.74 Å². The third kappa shape index (κ3) is 3.79. The van der Waals surface area contributed by atoms with E-state index >= 15 is 0 Å². The lowest BCUT2D eigenvalue weighted by atomic mass is 10.1. The second-order valence-electron chi connectivity index (χ2n) is 4.37. The van der Waals surface area contributed by atoms with Crippen molar-refractivity contribution in [1.29, 1.82) is 0 Å². The fraction of sp³-hybridized carbons (Fsp3) is 0.133. The van der Waals surface area contributed by atoms with Gasteiger partial charge in [-0.1, -0.05) is 30.3 Å². The number of carbonyl (C=O) groups excluding carboxylic acids is 1. The third-order valence-electron chi connectivity index (χ3n) is 2.99. The molecule has 0 spiro atoms. The molecule has 6 nitrogen and oxygen atoms in total. The van der Waals surface area contributed by atoms with E-state index in [2.05, 4.69) is 5.32 Å². The van der Waals surface area contributed by atoms with Crippen molar-refractivity contribution in [3.8, 4) is 5.75 Å². The van der Waals surface area contributed by atoms with Crippen LogP contribution in [-0.2, 0) is 6.54 Å². The first-order valence-corrected chi connectivity index (χ1v) is 6.31. The van der Waals surface area contributed by atoms with Crippen molar-refractivity contribution in [1.82, 2.24) is 5.32 Å². The zero-order chi connectivity index (χ0) is 15.2. The van der Waals surface area contributed by atoms with Crippen LogP contribution in [0.15, 0.2) is 48.5 Å². The first-order valence-electron chi connectivity index (χ1n) is 6.31. The Morgan fingerprint density at radius 3 is 2.57 bits per heavy atom. The number of nitro benzene ring substituents is 1. The summed E-state index contributed by atoms with van der Waals surface area (Å²) in [5, 5.41) is 13.4. The first-order chi connectivity index (χ1) is 10.1. The van der Waals surface area contributed by atoms with E-state index in [1.54, 1.807) is 43.3 Å². The molecular formula is C15H14N2O4. The highest BCUT2D eigenvalue weighted by atomic mass is 16.6. The third-order valence-corrected chi connectivity index (χ3v) is 2.99. The van der Waals surface area contributed by atoms with E-state index in [0.717, 1.165) is 0 Å². The predicted octanol–water partition coefficient (Wildman–Crippen LogP) is 3.19. The number of amides is 1. The summed E-state index contributed by atoms with van der Waals surface area (Å²) >= 11 is 0. The Morgan fingerprint density at radius 2 is 1.90 bits per heavy atom. The Bertz CT molecular complexity index is 656. The number of ether oxygens (including phenoxy) is 1. The largest absolute Gasteiger partial charge is 0.412 e. The molecule has 0 saturated carbocycles. The lowest BCUT2D eigenvalue weighted by Crippen LogP contribution is -2.26. The summed E-state index contributed by atoms with van der Waals surface area (Å²) in [5.74, 6) is 0.436. The molecule has 2 aromatic rings. The van der Waals surface area contributed by atoms with E-state index in [1.165, 1.54) is 6.07 Å². The van der Waals surface area contributed by atoms with Crippen molar-refractivity contribution in [2.24, 2.45) is 0 Å². The van der Waals surface area contributed by atoms with Gasteiger partial charge in [0.1, 0.15) is 5.75 Å². The minimum Gasteiger partial charge on any atom is -0.410 e. The lowest BCUT2D eigenvalue weighted by molar-refractivity contribution is -0.385. The van der Waals surface area contributed by atoms with Crippen molar-refractivity contribution in [2.45, 2.75) is 13.5 Å². The van der Waals surface area contributed by atoms with Crippen LogP contribution in [0.4, 0.5) is 10.5 Å². The zero-order valence-corrected chi connectivity index (χ0v) is 11.4. The van der Waals surface area contributed by atoms with Crippen LogP contribution in [0.1, 0.15) is 11.1 Å². The molecule has 0 saturated heterocycles. The zero-order valence-electron chi connectivity index (χ0n) is 11.4.